The van der Waals surface area contributed by atoms with E-state index >= 15 is 0 Å². The first kappa shape index (κ1) is 13.4. The molecule has 1 atom stereocenters. The van der Waals surface area contributed by atoms with E-state index in [1.165, 1.54) is 7.11 Å². The maximum Gasteiger partial charge on any atom is 0.407 e. The normalized spacial score (nSPS) is 18.8. The molecule has 1 aromatic rings. The number of benzene rings is 1. The zero-order chi connectivity index (χ0) is 13.7. The minimum absolute atomic E-state index is 0.145. The molecule has 1 aliphatic rings. The van der Waals surface area contributed by atoms with E-state index in [1.807, 2.05) is 18.2 Å². The SMILES string of the molecule is COC(=O)NC1CCN(Cc2cccc(C#N)c2)C1. The first-order valence-electron chi connectivity index (χ1n) is 6.27. The summed E-state index contributed by atoms with van der Waals surface area (Å²) >= 11 is 0. The molecular weight excluding hydrogens is 242 g/mol. The monoisotopic (exact) mass is 259 g/mol. The van der Waals surface area contributed by atoms with Crippen LogP contribution in [0.4, 0.5) is 4.79 Å². The van der Waals surface area contributed by atoms with Gasteiger partial charge in [0.1, 0.15) is 0 Å². The Morgan fingerprint density at radius 3 is 3.21 bits per heavy atom. The van der Waals surface area contributed by atoms with Crippen LogP contribution in [0.1, 0.15) is 17.5 Å². The van der Waals surface area contributed by atoms with E-state index in [0.29, 0.717) is 5.56 Å². The van der Waals surface area contributed by atoms with Crippen molar-refractivity contribution in [1.29, 1.82) is 5.26 Å². The molecular formula is C14H17N3O2. The number of carbonyl (C=O) groups excluding carboxylic acids is 1. The summed E-state index contributed by atoms with van der Waals surface area (Å²) in [5.41, 5.74) is 1.80. The number of nitrogens with zero attached hydrogens (tertiary/aromatic N) is 2. The van der Waals surface area contributed by atoms with Gasteiger partial charge < -0.3 is 10.1 Å². The van der Waals surface area contributed by atoms with Crippen LogP contribution in [0.15, 0.2) is 24.3 Å². The summed E-state index contributed by atoms with van der Waals surface area (Å²) in [4.78, 5) is 13.4. The van der Waals surface area contributed by atoms with Gasteiger partial charge in [-0.3, -0.25) is 4.90 Å². The average molecular weight is 259 g/mol. The largest absolute Gasteiger partial charge is 0.453 e. The lowest BCUT2D eigenvalue weighted by Crippen LogP contribution is -2.36. The number of rotatable bonds is 3. The van der Waals surface area contributed by atoms with Gasteiger partial charge >= 0.3 is 6.09 Å². The van der Waals surface area contributed by atoms with Gasteiger partial charge in [-0.1, -0.05) is 12.1 Å². The lowest BCUT2D eigenvalue weighted by Gasteiger charge is -2.16. The summed E-state index contributed by atoms with van der Waals surface area (Å²) in [6.07, 6.45) is 0.547. The van der Waals surface area contributed by atoms with Crippen molar-refractivity contribution in [3.8, 4) is 6.07 Å². The Morgan fingerprint density at radius 2 is 2.47 bits per heavy atom. The predicted octanol–water partition coefficient (Wildman–Crippen LogP) is 1.49. The maximum atomic E-state index is 11.1. The van der Waals surface area contributed by atoms with Crippen LogP contribution in [-0.2, 0) is 11.3 Å². The molecule has 5 heteroatoms. The minimum Gasteiger partial charge on any atom is -0.453 e. The van der Waals surface area contributed by atoms with E-state index in [-0.39, 0.29) is 12.1 Å². The van der Waals surface area contributed by atoms with E-state index in [0.717, 1.165) is 31.6 Å². The molecule has 2 rings (SSSR count). The Balaban J connectivity index is 1.88. The molecule has 0 aliphatic carbocycles. The Bertz CT molecular complexity index is 496. The minimum atomic E-state index is -0.377. The Labute approximate surface area is 112 Å². The van der Waals surface area contributed by atoms with E-state index in [4.69, 9.17) is 5.26 Å². The Hall–Kier alpha value is -2.06. The quantitative estimate of drug-likeness (QED) is 0.893. The number of nitrogens with one attached hydrogen (secondary N) is 1. The lowest BCUT2D eigenvalue weighted by molar-refractivity contribution is 0.166. The van der Waals surface area contributed by atoms with Crippen LogP contribution in [0.2, 0.25) is 0 Å². The van der Waals surface area contributed by atoms with Crippen molar-refractivity contribution in [2.24, 2.45) is 0 Å². The molecule has 1 aliphatic heterocycles. The Morgan fingerprint density at radius 1 is 1.63 bits per heavy atom. The van der Waals surface area contributed by atoms with Gasteiger partial charge in [-0.25, -0.2) is 4.79 Å². The van der Waals surface area contributed by atoms with Gasteiger partial charge in [-0.05, 0) is 24.1 Å². The fourth-order valence-electron chi connectivity index (χ4n) is 2.32. The van der Waals surface area contributed by atoms with Crippen LogP contribution in [-0.4, -0.2) is 37.2 Å². The average Bonchev–Trinajstić information content (AvgIpc) is 2.86. The number of ether oxygens (including phenoxy) is 1. The van der Waals surface area contributed by atoms with Crippen LogP contribution < -0.4 is 5.32 Å². The molecule has 5 nitrogen and oxygen atoms in total. The van der Waals surface area contributed by atoms with Crippen LogP contribution in [0, 0.1) is 11.3 Å². The molecule has 1 aromatic carbocycles. The van der Waals surface area contributed by atoms with Crippen LogP contribution in [0.25, 0.3) is 0 Å². The third-order valence-corrected chi connectivity index (χ3v) is 3.24. The number of carbonyl (C=O) groups is 1. The molecule has 1 saturated heterocycles. The van der Waals surface area contributed by atoms with E-state index in [9.17, 15) is 4.79 Å². The molecule has 0 spiro atoms. The van der Waals surface area contributed by atoms with Gasteiger partial charge in [0.25, 0.3) is 0 Å². The number of methoxy groups -OCH3 is 1. The summed E-state index contributed by atoms with van der Waals surface area (Å²) in [7, 11) is 1.37. The van der Waals surface area contributed by atoms with E-state index in [2.05, 4.69) is 21.0 Å². The second kappa shape index (κ2) is 6.21. The Kier molecular flexibility index (Phi) is 4.37. The fraction of sp³-hybridized carbons (Fsp3) is 0.429. The topological polar surface area (TPSA) is 65.4 Å². The standard InChI is InChI=1S/C14H17N3O2/c1-19-14(18)16-13-5-6-17(10-13)9-12-4-2-3-11(7-12)8-15/h2-4,7,13H,5-6,9-10H2,1H3,(H,16,18). The van der Waals surface area contributed by atoms with Gasteiger partial charge in [0.05, 0.1) is 18.7 Å². The molecule has 19 heavy (non-hydrogen) atoms. The molecule has 0 aromatic heterocycles. The third-order valence-electron chi connectivity index (χ3n) is 3.24. The van der Waals surface area contributed by atoms with Crippen molar-refractivity contribution < 1.29 is 9.53 Å². The van der Waals surface area contributed by atoms with Gasteiger partial charge in [0.2, 0.25) is 0 Å². The maximum absolute atomic E-state index is 11.1. The lowest BCUT2D eigenvalue weighted by atomic mass is 10.1. The number of nitriles is 1. The fourth-order valence-corrected chi connectivity index (χ4v) is 2.32. The summed E-state index contributed by atoms with van der Waals surface area (Å²) in [6.45, 7) is 2.55. The molecule has 1 fully saturated rings. The van der Waals surface area contributed by atoms with Crippen LogP contribution in [0.3, 0.4) is 0 Å². The van der Waals surface area contributed by atoms with Gasteiger partial charge in [-0.15, -0.1) is 0 Å². The number of likely N-dealkylation sites (tertiary alicyclic amines) is 1. The number of hydrogen-bond acceptors (Lipinski definition) is 4. The zero-order valence-electron chi connectivity index (χ0n) is 10.9. The number of hydrogen-bond donors (Lipinski definition) is 1. The molecule has 0 saturated carbocycles. The molecule has 1 amide bonds. The smallest absolute Gasteiger partial charge is 0.407 e. The highest BCUT2D eigenvalue weighted by Gasteiger charge is 2.23. The number of amides is 1. The number of alkyl carbamates (subject to hydrolysis) is 1. The van der Waals surface area contributed by atoms with Crippen LogP contribution in [0.5, 0.6) is 0 Å². The van der Waals surface area contributed by atoms with Crippen LogP contribution >= 0.6 is 0 Å². The molecule has 1 unspecified atom stereocenters. The first-order valence-corrected chi connectivity index (χ1v) is 6.27. The molecule has 0 bridgehead atoms. The summed E-state index contributed by atoms with van der Waals surface area (Å²) in [6, 6.07) is 9.90. The zero-order valence-corrected chi connectivity index (χ0v) is 10.9. The summed E-state index contributed by atoms with van der Waals surface area (Å²) < 4.78 is 4.59. The molecule has 0 radical (unpaired) electrons. The van der Waals surface area contributed by atoms with E-state index in [1.54, 1.807) is 6.07 Å². The highest BCUT2D eigenvalue weighted by atomic mass is 16.5. The van der Waals surface area contributed by atoms with Crippen molar-refractivity contribution in [2.75, 3.05) is 20.2 Å². The second-order valence-electron chi connectivity index (χ2n) is 4.67. The van der Waals surface area contributed by atoms with Crippen molar-refractivity contribution in [1.82, 2.24) is 10.2 Å². The van der Waals surface area contributed by atoms with Gasteiger partial charge in [-0.2, -0.15) is 5.26 Å². The van der Waals surface area contributed by atoms with Crippen molar-refractivity contribution in [3.05, 3.63) is 35.4 Å². The predicted molar refractivity (Wildman–Crippen MR) is 70.4 cm³/mol. The first-order chi connectivity index (χ1) is 9.21. The summed E-state index contributed by atoms with van der Waals surface area (Å²) in [5.74, 6) is 0. The van der Waals surface area contributed by atoms with Crippen molar-refractivity contribution in [3.63, 3.8) is 0 Å². The third kappa shape index (κ3) is 3.70. The molecule has 1 heterocycles. The van der Waals surface area contributed by atoms with Gasteiger partial charge in [0, 0.05) is 25.7 Å². The van der Waals surface area contributed by atoms with Crippen molar-refractivity contribution >= 4 is 6.09 Å². The molecule has 1 N–H and O–H groups in total. The molecule has 100 valence electrons. The van der Waals surface area contributed by atoms with Crippen molar-refractivity contribution in [2.45, 2.75) is 19.0 Å². The second-order valence-corrected chi connectivity index (χ2v) is 4.67. The highest BCUT2D eigenvalue weighted by molar-refractivity contribution is 5.67. The summed E-state index contributed by atoms with van der Waals surface area (Å²) in [5, 5.41) is 11.7. The van der Waals surface area contributed by atoms with E-state index < -0.39 is 0 Å². The highest BCUT2D eigenvalue weighted by Crippen LogP contribution is 2.14. The van der Waals surface area contributed by atoms with Gasteiger partial charge in [0.15, 0.2) is 0 Å².